The van der Waals surface area contributed by atoms with Crippen LogP contribution in [0.2, 0.25) is 0 Å². The largest absolute Gasteiger partial charge is 0.295 e. The minimum absolute atomic E-state index is 0.862. The quantitative estimate of drug-likeness (QED) is 0.769. The van der Waals surface area contributed by atoms with Crippen molar-refractivity contribution >= 4 is 22.4 Å². The third-order valence-electron chi connectivity index (χ3n) is 3.42. The van der Waals surface area contributed by atoms with Crippen molar-refractivity contribution < 1.29 is 0 Å². The molecule has 0 saturated carbocycles. The van der Waals surface area contributed by atoms with E-state index in [-0.39, 0.29) is 0 Å². The van der Waals surface area contributed by atoms with Gasteiger partial charge in [0.2, 0.25) is 0 Å². The highest BCUT2D eigenvalue weighted by Gasteiger charge is 2.08. The van der Waals surface area contributed by atoms with Gasteiger partial charge in [-0.2, -0.15) is 0 Å². The number of benzene rings is 1. The molecule has 1 heterocycles. The van der Waals surface area contributed by atoms with Crippen LogP contribution in [0.1, 0.15) is 12.2 Å². The standard InChI is InChI=1S/C18H17N3/c1-3-16(13-19-15-9-5-4-6-10-15)21-14(2)20-17-11-7-8-12-18(17)21/h3-9,11-13H,1,10H2,2H3/b16-13+,19-15?. The summed E-state index contributed by atoms with van der Waals surface area (Å²) in [4.78, 5) is 9.13. The first kappa shape index (κ1) is 13.3. The zero-order valence-corrected chi connectivity index (χ0v) is 12.0. The van der Waals surface area contributed by atoms with E-state index in [9.17, 15) is 0 Å². The Morgan fingerprint density at radius 1 is 1.33 bits per heavy atom. The molecule has 1 aromatic carbocycles. The number of hydrogen-bond acceptors (Lipinski definition) is 2. The van der Waals surface area contributed by atoms with E-state index in [0.717, 1.165) is 34.7 Å². The topological polar surface area (TPSA) is 30.2 Å². The van der Waals surface area contributed by atoms with Gasteiger partial charge in [-0.05, 0) is 31.2 Å². The summed E-state index contributed by atoms with van der Waals surface area (Å²) in [7, 11) is 0. The maximum absolute atomic E-state index is 4.58. The van der Waals surface area contributed by atoms with E-state index < -0.39 is 0 Å². The van der Waals surface area contributed by atoms with Gasteiger partial charge in [-0.1, -0.05) is 36.9 Å². The van der Waals surface area contributed by atoms with E-state index in [1.807, 2.05) is 55.6 Å². The maximum atomic E-state index is 4.58. The number of nitrogens with zero attached hydrogens (tertiary/aromatic N) is 3. The average molecular weight is 275 g/mol. The lowest BCUT2D eigenvalue weighted by molar-refractivity contribution is 1.03. The van der Waals surface area contributed by atoms with Crippen LogP contribution in [0.15, 0.2) is 72.4 Å². The van der Waals surface area contributed by atoms with Gasteiger partial charge in [-0.3, -0.25) is 9.56 Å². The summed E-state index contributed by atoms with van der Waals surface area (Å²) >= 11 is 0. The summed E-state index contributed by atoms with van der Waals surface area (Å²) in [5.74, 6) is 0.932. The van der Waals surface area contributed by atoms with Crippen LogP contribution < -0.4 is 0 Å². The van der Waals surface area contributed by atoms with E-state index >= 15 is 0 Å². The first-order valence-corrected chi connectivity index (χ1v) is 6.96. The van der Waals surface area contributed by atoms with Crippen molar-refractivity contribution in [2.24, 2.45) is 4.99 Å². The number of aryl methyl sites for hydroxylation is 1. The minimum atomic E-state index is 0.862. The summed E-state index contributed by atoms with van der Waals surface area (Å²) in [6.07, 6.45) is 12.7. The molecule has 0 atom stereocenters. The molecule has 2 aromatic rings. The number of para-hydroxylation sites is 2. The summed E-state index contributed by atoms with van der Waals surface area (Å²) < 4.78 is 2.08. The van der Waals surface area contributed by atoms with Gasteiger partial charge in [0.1, 0.15) is 5.82 Å². The van der Waals surface area contributed by atoms with E-state index in [2.05, 4.69) is 33.3 Å². The molecule has 1 aliphatic rings. The van der Waals surface area contributed by atoms with E-state index in [0.29, 0.717) is 0 Å². The molecule has 21 heavy (non-hydrogen) atoms. The highest BCUT2D eigenvalue weighted by Crippen LogP contribution is 2.21. The van der Waals surface area contributed by atoms with Crippen LogP contribution >= 0.6 is 0 Å². The Kier molecular flexibility index (Phi) is 3.65. The van der Waals surface area contributed by atoms with Gasteiger partial charge < -0.3 is 0 Å². The second kappa shape index (κ2) is 5.75. The fourth-order valence-electron chi connectivity index (χ4n) is 2.42. The Morgan fingerprint density at radius 3 is 2.95 bits per heavy atom. The Labute approximate surface area is 124 Å². The molecule has 0 spiro atoms. The summed E-state index contributed by atoms with van der Waals surface area (Å²) in [6, 6.07) is 8.08. The Balaban J connectivity index is 2.06. The molecule has 3 nitrogen and oxygen atoms in total. The summed E-state index contributed by atoms with van der Waals surface area (Å²) in [6.45, 7) is 5.90. The Morgan fingerprint density at radius 2 is 2.19 bits per heavy atom. The first-order valence-electron chi connectivity index (χ1n) is 6.96. The normalized spacial score (nSPS) is 16.8. The average Bonchev–Trinajstić information content (AvgIpc) is 2.86. The molecule has 1 aliphatic carbocycles. The number of fused-ring (bicyclic) bond motifs is 1. The molecule has 104 valence electrons. The van der Waals surface area contributed by atoms with Gasteiger partial charge in [0.05, 0.1) is 22.9 Å². The molecule has 0 fully saturated rings. The second-order valence-corrected chi connectivity index (χ2v) is 4.85. The minimum Gasteiger partial charge on any atom is -0.295 e. The molecule has 0 bridgehead atoms. The lowest BCUT2D eigenvalue weighted by Gasteiger charge is -2.07. The monoisotopic (exact) mass is 275 g/mol. The predicted molar refractivity (Wildman–Crippen MR) is 89.3 cm³/mol. The molecule has 0 radical (unpaired) electrons. The van der Waals surface area contributed by atoms with Gasteiger partial charge in [-0.15, -0.1) is 0 Å². The number of rotatable bonds is 3. The van der Waals surface area contributed by atoms with Crippen LogP contribution in [0.4, 0.5) is 0 Å². The fraction of sp³-hybridized carbons (Fsp3) is 0.111. The van der Waals surface area contributed by atoms with Crippen LogP contribution in [-0.2, 0) is 0 Å². The first-order chi connectivity index (χ1) is 10.3. The van der Waals surface area contributed by atoms with Crippen molar-refractivity contribution in [3.8, 4) is 0 Å². The van der Waals surface area contributed by atoms with E-state index in [4.69, 9.17) is 0 Å². The van der Waals surface area contributed by atoms with Crippen molar-refractivity contribution in [1.29, 1.82) is 0 Å². The van der Waals surface area contributed by atoms with Gasteiger partial charge >= 0.3 is 0 Å². The third-order valence-corrected chi connectivity index (χ3v) is 3.42. The molecule has 0 aliphatic heterocycles. The fourth-order valence-corrected chi connectivity index (χ4v) is 2.42. The molecular weight excluding hydrogens is 258 g/mol. The second-order valence-electron chi connectivity index (χ2n) is 4.85. The van der Waals surface area contributed by atoms with Gasteiger partial charge in [0.25, 0.3) is 0 Å². The van der Waals surface area contributed by atoms with Gasteiger partial charge in [0, 0.05) is 12.1 Å². The molecule has 0 amide bonds. The summed E-state index contributed by atoms with van der Waals surface area (Å²) in [5.41, 5.74) is 4.02. The van der Waals surface area contributed by atoms with Crippen LogP contribution in [-0.4, -0.2) is 15.3 Å². The van der Waals surface area contributed by atoms with Gasteiger partial charge in [-0.25, -0.2) is 4.98 Å². The zero-order valence-electron chi connectivity index (χ0n) is 12.0. The molecule has 0 saturated heterocycles. The van der Waals surface area contributed by atoms with Crippen molar-refractivity contribution in [1.82, 2.24) is 9.55 Å². The number of hydrogen-bond donors (Lipinski definition) is 0. The van der Waals surface area contributed by atoms with Crippen LogP contribution in [0.25, 0.3) is 16.7 Å². The smallest absolute Gasteiger partial charge is 0.111 e. The molecule has 3 rings (SSSR count). The number of imidazole rings is 1. The van der Waals surface area contributed by atoms with Crippen molar-refractivity contribution in [3.63, 3.8) is 0 Å². The SMILES string of the molecule is C=C/C(=C\N=C1C=CC=CC1)n1c(C)nc2ccccc21. The number of allylic oxidation sites excluding steroid dienone is 6. The number of aromatic nitrogens is 2. The zero-order chi connectivity index (χ0) is 14.7. The highest BCUT2D eigenvalue weighted by molar-refractivity contribution is 5.98. The molecule has 1 aromatic heterocycles. The lowest BCUT2D eigenvalue weighted by atomic mass is 10.1. The van der Waals surface area contributed by atoms with Crippen molar-refractivity contribution in [2.45, 2.75) is 13.3 Å². The van der Waals surface area contributed by atoms with Crippen LogP contribution in [0, 0.1) is 6.92 Å². The van der Waals surface area contributed by atoms with Crippen LogP contribution in [0.3, 0.4) is 0 Å². The highest BCUT2D eigenvalue weighted by atomic mass is 15.1. The Hall–Kier alpha value is -2.68. The predicted octanol–water partition coefficient (Wildman–Crippen LogP) is 4.29. The Bertz CT molecular complexity index is 801. The molecule has 0 N–H and O–H groups in total. The van der Waals surface area contributed by atoms with E-state index in [1.165, 1.54) is 0 Å². The van der Waals surface area contributed by atoms with Crippen LogP contribution in [0.5, 0.6) is 0 Å². The third kappa shape index (κ3) is 2.63. The van der Waals surface area contributed by atoms with Crippen molar-refractivity contribution in [3.05, 3.63) is 73.2 Å². The summed E-state index contributed by atoms with van der Waals surface area (Å²) in [5, 5.41) is 0. The van der Waals surface area contributed by atoms with Crippen molar-refractivity contribution in [2.75, 3.05) is 0 Å². The van der Waals surface area contributed by atoms with E-state index in [1.54, 1.807) is 0 Å². The van der Waals surface area contributed by atoms with Gasteiger partial charge in [0.15, 0.2) is 0 Å². The maximum Gasteiger partial charge on any atom is 0.111 e. The molecular formula is C18H17N3. The molecule has 0 unspecified atom stereocenters. The number of aliphatic imine (C=N–C) groups is 1. The lowest BCUT2D eigenvalue weighted by Crippen LogP contribution is -1.98. The molecule has 3 heteroatoms.